The van der Waals surface area contributed by atoms with Crippen LogP contribution in [0.15, 0.2) is 29.3 Å². The highest BCUT2D eigenvalue weighted by molar-refractivity contribution is 8.15. The number of hydrogen-bond donors (Lipinski definition) is 2. The highest BCUT2D eigenvalue weighted by atomic mass is 32.2. The third-order valence-electron chi connectivity index (χ3n) is 4.67. The first kappa shape index (κ1) is 18.8. The Bertz CT molecular complexity index is 669. The van der Waals surface area contributed by atoms with Crippen LogP contribution in [0.1, 0.15) is 44.1 Å². The van der Waals surface area contributed by atoms with Crippen molar-refractivity contribution < 1.29 is 14.3 Å². The summed E-state index contributed by atoms with van der Waals surface area (Å²) in [6.07, 6.45) is 6.03. The summed E-state index contributed by atoms with van der Waals surface area (Å²) in [4.78, 5) is 28.9. The molecule has 1 heterocycles. The standard InChI is InChI=1S/C19H25N3O3S/c1-25-15-9-7-13(8-10-15)12-20-17(23)11-16-18(24)22-19(26-16)21-14-5-3-2-4-6-14/h7-10,14,16H,2-6,11-12H2,1H3,(H,20,23)(H,21,22,24)/t16-/m0/s1. The Morgan fingerprint density at radius 3 is 2.69 bits per heavy atom. The van der Waals surface area contributed by atoms with Crippen molar-refractivity contribution in [2.75, 3.05) is 7.11 Å². The minimum Gasteiger partial charge on any atom is -0.497 e. The molecule has 3 rings (SSSR count). The van der Waals surface area contributed by atoms with E-state index >= 15 is 0 Å². The predicted molar refractivity (Wildman–Crippen MR) is 103 cm³/mol. The molecule has 1 aliphatic carbocycles. The van der Waals surface area contributed by atoms with Gasteiger partial charge in [-0.25, -0.2) is 0 Å². The molecule has 26 heavy (non-hydrogen) atoms. The lowest BCUT2D eigenvalue weighted by Gasteiger charge is -2.17. The second kappa shape index (κ2) is 9.07. The van der Waals surface area contributed by atoms with Gasteiger partial charge in [-0.05, 0) is 30.5 Å². The second-order valence-electron chi connectivity index (χ2n) is 6.65. The molecule has 0 radical (unpaired) electrons. The summed E-state index contributed by atoms with van der Waals surface area (Å²) in [6.45, 7) is 0.435. The molecule has 1 saturated heterocycles. The largest absolute Gasteiger partial charge is 0.497 e. The van der Waals surface area contributed by atoms with Crippen LogP contribution in [0.25, 0.3) is 0 Å². The van der Waals surface area contributed by atoms with E-state index in [4.69, 9.17) is 4.74 Å². The van der Waals surface area contributed by atoms with Gasteiger partial charge in [0.25, 0.3) is 0 Å². The third-order valence-corrected chi connectivity index (χ3v) is 5.77. The predicted octanol–water partition coefficient (Wildman–Crippen LogP) is 2.62. The number of carbonyl (C=O) groups excluding carboxylic acids is 2. The number of thioether (sulfide) groups is 1. The number of methoxy groups -OCH3 is 1. The van der Waals surface area contributed by atoms with Crippen LogP contribution in [0.5, 0.6) is 5.75 Å². The van der Waals surface area contributed by atoms with Crippen LogP contribution in [0, 0.1) is 0 Å². The average molecular weight is 375 g/mol. The number of carbonyl (C=O) groups is 2. The molecule has 0 unspecified atom stereocenters. The maximum absolute atomic E-state index is 12.2. The zero-order valence-electron chi connectivity index (χ0n) is 15.0. The van der Waals surface area contributed by atoms with Gasteiger partial charge in [-0.15, -0.1) is 0 Å². The van der Waals surface area contributed by atoms with Gasteiger partial charge in [-0.2, -0.15) is 0 Å². The number of nitrogens with one attached hydrogen (secondary N) is 2. The van der Waals surface area contributed by atoms with Crippen molar-refractivity contribution in [3.63, 3.8) is 0 Å². The van der Waals surface area contributed by atoms with Crippen molar-refractivity contribution in [2.45, 2.75) is 56.4 Å². The summed E-state index contributed by atoms with van der Waals surface area (Å²) in [6, 6.07) is 7.84. The van der Waals surface area contributed by atoms with Crippen molar-refractivity contribution in [3.05, 3.63) is 29.8 Å². The fraction of sp³-hybridized carbons (Fsp3) is 0.526. The molecule has 2 amide bonds. The van der Waals surface area contributed by atoms with Crippen LogP contribution >= 0.6 is 11.8 Å². The Morgan fingerprint density at radius 1 is 1.27 bits per heavy atom. The first-order valence-corrected chi connectivity index (χ1v) is 9.97. The molecule has 2 fully saturated rings. The Hall–Kier alpha value is -2.02. The molecule has 1 saturated carbocycles. The van der Waals surface area contributed by atoms with E-state index in [1.165, 1.54) is 31.0 Å². The molecule has 0 aromatic heterocycles. The highest BCUT2D eigenvalue weighted by Crippen LogP contribution is 2.26. The first-order valence-electron chi connectivity index (χ1n) is 9.09. The maximum Gasteiger partial charge on any atom is 0.240 e. The number of ether oxygens (including phenoxy) is 1. The van der Waals surface area contributed by atoms with Gasteiger partial charge in [0.15, 0.2) is 5.17 Å². The lowest BCUT2D eigenvalue weighted by molar-refractivity contribution is -0.125. The molecule has 2 N–H and O–H groups in total. The molecule has 0 spiro atoms. The van der Waals surface area contributed by atoms with Gasteiger partial charge < -0.3 is 15.4 Å². The minimum atomic E-state index is -0.395. The number of aliphatic imine (C=N–C) groups is 1. The van der Waals surface area contributed by atoms with E-state index in [0.717, 1.165) is 24.2 Å². The topological polar surface area (TPSA) is 79.8 Å². The fourth-order valence-electron chi connectivity index (χ4n) is 3.16. The molecule has 1 aliphatic heterocycles. The summed E-state index contributed by atoms with van der Waals surface area (Å²) >= 11 is 1.38. The van der Waals surface area contributed by atoms with E-state index in [0.29, 0.717) is 17.8 Å². The van der Waals surface area contributed by atoms with E-state index in [1.807, 2.05) is 24.3 Å². The highest BCUT2D eigenvalue weighted by Gasteiger charge is 2.32. The number of benzene rings is 1. The summed E-state index contributed by atoms with van der Waals surface area (Å²) in [5, 5.41) is 5.97. The van der Waals surface area contributed by atoms with Crippen molar-refractivity contribution >= 4 is 28.7 Å². The zero-order chi connectivity index (χ0) is 18.4. The third kappa shape index (κ3) is 5.24. The van der Waals surface area contributed by atoms with Gasteiger partial charge in [0.2, 0.25) is 11.8 Å². The molecule has 6 nitrogen and oxygen atoms in total. The maximum atomic E-state index is 12.2. The zero-order valence-corrected chi connectivity index (χ0v) is 15.8. The Balaban J connectivity index is 1.46. The molecule has 2 aliphatic rings. The van der Waals surface area contributed by atoms with E-state index < -0.39 is 5.25 Å². The fourth-order valence-corrected chi connectivity index (χ4v) is 4.20. The molecule has 1 aromatic rings. The smallest absolute Gasteiger partial charge is 0.240 e. The van der Waals surface area contributed by atoms with Gasteiger partial charge in [0.1, 0.15) is 11.0 Å². The molecule has 1 aromatic carbocycles. The number of amides is 2. The van der Waals surface area contributed by atoms with Crippen LogP contribution in [0.3, 0.4) is 0 Å². The summed E-state index contributed by atoms with van der Waals surface area (Å²) < 4.78 is 5.11. The molecule has 1 atom stereocenters. The van der Waals surface area contributed by atoms with Gasteiger partial charge in [-0.3, -0.25) is 14.6 Å². The van der Waals surface area contributed by atoms with E-state index in [9.17, 15) is 9.59 Å². The molecule has 0 bridgehead atoms. The summed E-state index contributed by atoms with van der Waals surface area (Å²) in [5.74, 6) is 0.528. The van der Waals surface area contributed by atoms with E-state index in [-0.39, 0.29) is 18.2 Å². The van der Waals surface area contributed by atoms with Gasteiger partial charge in [0, 0.05) is 13.0 Å². The second-order valence-corrected chi connectivity index (χ2v) is 7.84. The lowest BCUT2D eigenvalue weighted by atomic mass is 9.96. The minimum absolute atomic E-state index is 0.121. The number of nitrogens with zero attached hydrogens (tertiary/aromatic N) is 1. The average Bonchev–Trinajstić information content (AvgIpc) is 3.00. The lowest BCUT2D eigenvalue weighted by Crippen LogP contribution is -2.31. The summed E-state index contributed by atoms with van der Waals surface area (Å²) in [5.41, 5.74) is 0.988. The Morgan fingerprint density at radius 2 is 2.00 bits per heavy atom. The van der Waals surface area contributed by atoms with Crippen LogP contribution in [-0.2, 0) is 16.1 Å². The molecule has 140 valence electrons. The van der Waals surface area contributed by atoms with Crippen LogP contribution in [0.4, 0.5) is 0 Å². The normalized spacial score (nSPS) is 22.3. The number of amidine groups is 1. The SMILES string of the molecule is COc1ccc(CNC(=O)C[C@@H]2SC(=NC3CCCCC3)NC2=O)cc1. The molecular formula is C19H25N3O3S. The Labute approximate surface area is 158 Å². The van der Waals surface area contributed by atoms with Gasteiger partial charge in [-0.1, -0.05) is 43.2 Å². The Kier molecular flexibility index (Phi) is 6.55. The van der Waals surface area contributed by atoms with Crippen molar-refractivity contribution in [2.24, 2.45) is 4.99 Å². The van der Waals surface area contributed by atoms with E-state index in [1.54, 1.807) is 7.11 Å². The quantitative estimate of drug-likeness (QED) is 0.801. The molecular weight excluding hydrogens is 350 g/mol. The molecule has 7 heteroatoms. The van der Waals surface area contributed by atoms with Crippen LogP contribution in [0.2, 0.25) is 0 Å². The van der Waals surface area contributed by atoms with Crippen LogP contribution < -0.4 is 15.4 Å². The van der Waals surface area contributed by atoms with Crippen molar-refractivity contribution in [3.8, 4) is 5.75 Å². The van der Waals surface area contributed by atoms with Crippen molar-refractivity contribution in [1.82, 2.24) is 10.6 Å². The first-order chi connectivity index (χ1) is 12.6. The number of rotatable bonds is 6. The van der Waals surface area contributed by atoms with E-state index in [2.05, 4.69) is 15.6 Å². The van der Waals surface area contributed by atoms with Crippen LogP contribution in [-0.4, -0.2) is 35.4 Å². The number of hydrogen-bond acceptors (Lipinski definition) is 5. The van der Waals surface area contributed by atoms with Gasteiger partial charge >= 0.3 is 0 Å². The van der Waals surface area contributed by atoms with Crippen molar-refractivity contribution in [1.29, 1.82) is 0 Å². The monoisotopic (exact) mass is 375 g/mol. The van der Waals surface area contributed by atoms with Gasteiger partial charge in [0.05, 0.1) is 13.2 Å². The summed E-state index contributed by atoms with van der Waals surface area (Å²) in [7, 11) is 1.62.